The fourth-order valence-electron chi connectivity index (χ4n) is 2.77. The number of aryl methyl sites for hydroxylation is 1. The van der Waals surface area contributed by atoms with Gasteiger partial charge in [-0.25, -0.2) is 17.5 Å². The van der Waals surface area contributed by atoms with E-state index >= 15 is 0 Å². The quantitative estimate of drug-likeness (QED) is 0.804. The molecule has 0 aliphatic carbocycles. The Bertz CT molecular complexity index is 850. The van der Waals surface area contributed by atoms with Crippen LogP contribution in [0.15, 0.2) is 47.4 Å². The summed E-state index contributed by atoms with van der Waals surface area (Å²) >= 11 is 0. The third-order valence-corrected chi connectivity index (χ3v) is 5.89. The Morgan fingerprint density at radius 2 is 1.65 bits per heavy atom. The van der Waals surface area contributed by atoms with Gasteiger partial charge in [0.25, 0.3) is 0 Å². The molecule has 26 heavy (non-hydrogen) atoms. The van der Waals surface area contributed by atoms with Crippen molar-refractivity contribution in [3.05, 3.63) is 59.4 Å². The van der Waals surface area contributed by atoms with E-state index in [2.05, 4.69) is 4.72 Å². The van der Waals surface area contributed by atoms with E-state index in [-0.39, 0.29) is 17.5 Å². The SMILES string of the molecule is Cc1cc(F)ccc1S(=O)(=O)NC[C@H](c1ccc(N(C)C)cc1)N(C)C. The van der Waals surface area contributed by atoms with E-state index in [1.165, 1.54) is 12.1 Å². The third kappa shape index (κ3) is 4.81. The topological polar surface area (TPSA) is 52.7 Å². The maximum atomic E-state index is 13.2. The van der Waals surface area contributed by atoms with Crippen LogP contribution in [-0.4, -0.2) is 48.1 Å². The van der Waals surface area contributed by atoms with Crippen molar-refractivity contribution in [1.82, 2.24) is 9.62 Å². The van der Waals surface area contributed by atoms with Crippen molar-refractivity contribution in [3.63, 3.8) is 0 Å². The molecular weight excluding hydrogens is 353 g/mol. The molecule has 0 amide bonds. The van der Waals surface area contributed by atoms with Crippen LogP contribution in [0.5, 0.6) is 0 Å². The Hall–Kier alpha value is -1.96. The standard InChI is InChI=1S/C19H26FN3O2S/c1-14-12-16(20)8-11-19(14)26(24,25)21-13-18(23(4)5)15-6-9-17(10-7-15)22(2)3/h6-12,18,21H,13H2,1-5H3/t18-/m1/s1. The van der Waals surface area contributed by atoms with E-state index in [0.717, 1.165) is 17.3 Å². The first-order chi connectivity index (χ1) is 12.1. The number of rotatable bonds is 7. The van der Waals surface area contributed by atoms with Crippen molar-refractivity contribution >= 4 is 15.7 Å². The van der Waals surface area contributed by atoms with Crippen molar-refractivity contribution in [2.75, 3.05) is 39.6 Å². The molecule has 0 spiro atoms. The zero-order valence-electron chi connectivity index (χ0n) is 15.8. The van der Waals surface area contributed by atoms with Crippen molar-refractivity contribution < 1.29 is 12.8 Å². The molecule has 2 rings (SSSR count). The molecule has 0 saturated heterocycles. The molecule has 0 bridgehead atoms. The number of nitrogens with zero attached hydrogens (tertiary/aromatic N) is 2. The van der Waals surface area contributed by atoms with Gasteiger partial charge in [-0.05, 0) is 62.5 Å². The molecule has 142 valence electrons. The van der Waals surface area contributed by atoms with Crippen LogP contribution >= 0.6 is 0 Å². The molecule has 0 aromatic heterocycles. The molecule has 0 aliphatic rings. The number of sulfonamides is 1. The fourth-order valence-corrected chi connectivity index (χ4v) is 4.04. The maximum absolute atomic E-state index is 13.2. The lowest BCUT2D eigenvalue weighted by atomic mass is 10.1. The van der Waals surface area contributed by atoms with Crippen molar-refractivity contribution in [2.45, 2.75) is 17.9 Å². The summed E-state index contributed by atoms with van der Waals surface area (Å²) < 4.78 is 41.1. The Labute approximate surface area is 155 Å². The lowest BCUT2D eigenvalue weighted by Crippen LogP contribution is -2.34. The van der Waals surface area contributed by atoms with E-state index in [1.807, 2.05) is 62.3 Å². The van der Waals surface area contributed by atoms with E-state index in [9.17, 15) is 12.8 Å². The second-order valence-electron chi connectivity index (χ2n) is 6.73. The lowest BCUT2D eigenvalue weighted by molar-refractivity contribution is 0.299. The van der Waals surface area contributed by atoms with Crippen LogP contribution in [0.1, 0.15) is 17.2 Å². The highest BCUT2D eigenvalue weighted by molar-refractivity contribution is 7.89. The molecule has 1 N–H and O–H groups in total. The highest BCUT2D eigenvalue weighted by Gasteiger charge is 2.21. The van der Waals surface area contributed by atoms with Crippen molar-refractivity contribution in [2.24, 2.45) is 0 Å². The second-order valence-corrected chi connectivity index (χ2v) is 8.46. The summed E-state index contributed by atoms with van der Waals surface area (Å²) in [5.41, 5.74) is 2.47. The molecule has 0 aliphatic heterocycles. The highest BCUT2D eigenvalue weighted by Crippen LogP contribution is 2.22. The van der Waals surface area contributed by atoms with E-state index in [4.69, 9.17) is 0 Å². The van der Waals surface area contributed by atoms with E-state index in [1.54, 1.807) is 6.92 Å². The molecule has 0 unspecified atom stereocenters. The summed E-state index contributed by atoms with van der Waals surface area (Å²) in [4.78, 5) is 4.07. The number of halogens is 1. The molecule has 7 heteroatoms. The van der Waals surface area contributed by atoms with Crippen molar-refractivity contribution in [3.8, 4) is 0 Å². The summed E-state index contributed by atoms with van der Waals surface area (Å²) in [5, 5.41) is 0. The number of hydrogen-bond acceptors (Lipinski definition) is 4. The summed E-state index contributed by atoms with van der Waals surface area (Å²) in [7, 11) is 4.03. The normalized spacial score (nSPS) is 13.0. The minimum atomic E-state index is -3.72. The molecule has 1 atom stereocenters. The predicted octanol–water partition coefficient (Wildman–Crippen LogP) is 2.78. The van der Waals surface area contributed by atoms with Gasteiger partial charge in [-0.15, -0.1) is 0 Å². The Morgan fingerprint density at radius 3 is 2.15 bits per heavy atom. The molecule has 0 heterocycles. The Morgan fingerprint density at radius 1 is 1.04 bits per heavy atom. The van der Waals surface area contributed by atoms with Gasteiger partial charge in [0.2, 0.25) is 10.0 Å². The molecule has 2 aromatic rings. The van der Waals surface area contributed by atoms with Gasteiger partial charge in [-0.3, -0.25) is 0 Å². The van der Waals surface area contributed by atoms with Gasteiger partial charge in [0, 0.05) is 32.4 Å². The number of nitrogens with one attached hydrogen (secondary N) is 1. The maximum Gasteiger partial charge on any atom is 0.240 e. The highest BCUT2D eigenvalue weighted by atomic mass is 32.2. The monoisotopic (exact) mass is 379 g/mol. The zero-order valence-corrected chi connectivity index (χ0v) is 16.6. The zero-order chi connectivity index (χ0) is 19.5. The first-order valence-electron chi connectivity index (χ1n) is 8.31. The van der Waals surface area contributed by atoms with Crippen LogP contribution in [0.2, 0.25) is 0 Å². The molecule has 2 aromatic carbocycles. The molecule has 0 saturated carbocycles. The fraction of sp³-hybridized carbons (Fsp3) is 0.368. The predicted molar refractivity (Wildman–Crippen MR) is 104 cm³/mol. The number of likely N-dealkylation sites (N-methyl/N-ethyl adjacent to an activating group) is 1. The summed E-state index contributed by atoms with van der Waals surface area (Å²) in [6.45, 7) is 1.80. The van der Waals surface area contributed by atoms with Crippen LogP contribution < -0.4 is 9.62 Å². The average molecular weight is 380 g/mol. The van der Waals surface area contributed by atoms with Crippen LogP contribution in [0, 0.1) is 12.7 Å². The first-order valence-corrected chi connectivity index (χ1v) is 9.79. The van der Waals surface area contributed by atoms with E-state index in [0.29, 0.717) is 5.56 Å². The smallest absolute Gasteiger partial charge is 0.240 e. The van der Waals surface area contributed by atoms with Crippen LogP contribution in [0.25, 0.3) is 0 Å². The first kappa shape index (κ1) is 20.4. The van der Waals surface area contributed by atoms with Gasteiger partial charge < -0.3 is 9.80 Å². The average Bonchev–Trinajstić information content (AvgIpc) is 2.54. The van der Waals surface area contributed by atoms with Gasteiger partial charge in [-0.1, -0.05) is 12.1 Å². The number of anilines is 1. The number of benzene rings is 2. The molecule has 0 radical (unpaired) electrons. The third-order valence-electron chi connectivity index (χ3n) is 4.31. The molecular formula is C19H26FN3O2S. The van der Waals surface area contributed by atoms with Crippen LogP contribution in [0.3, 0.4) is 0 Å². The largest absolute Gasteiger partial charge is 0.378 e. The van der Waals surface area contributed by atoms with Crippen LogP contribution in [-0.2, 0) is 10.0 Å². The number of hydrogen-bond donors (Lipinski definition) is 1. The lowest BCUT2D eigenvalue weighted by Gasteiger charge is -2.26. The van der Waals surface area contributed by atoms with Gasteiger partial charge >= 0.3 is 0 Å². The summed E-state index contributed by atoms with van der Waals surface area (Å²) in [6.07, 6.45) is 0. The summed E-state index contributed by atoms with van der Waals surface area (Å²) in [6, 6.07) is 11.6. The minimum absolute atomic E-state index is 0.0966. The van der Waals surface area contributed by atoms with Gasteiger partial charge in [-0.2, -0.15) is 0 Å². The van der Waals surface area contributed by atoms with Gasteiger partial charge in [0.15, 0.2) is 0 Å². The van der Waals surface area contributed by atoms with Crippen molar-refractivity contribution in [1.29, 1.82) is 0 Å². The Kier molecular flexibility index (Phi) is 6.39. The molecule has 5 nitrogen and oxygen atoms in total. The van der Waals surface area contributed by atoms with E-state index < -0.39 is 15.8 Å². The van der Waals surface area contributed by atoms with Gasteiger partial charge in [0.05, 0.1) is 4.90 Å². The summed E-state index contributed by atoms with van der Waals surface area (Å²) in [5.74, 6) is -0.450. The van der Waals surface area contributed by atoms with Crippen LogP contribution in [0.4, 0.5) is 10.1 Å². The minimum Gasteiger partial charge on any atom is -0.378 e. The second kappa shape index (κ2) is 8.16. The Balaban J connectivity index is 2.20. The molecule has 0 fully saturated rings. The van der Waals surface area contributed by atoms with Gasteiger partial charge in [0.1, 0.15) is 5.82 Å².